The molecule has 1 saturated heterocycles. The van der Waals surface area contributed by atoms with Crippen molar-refractivity contribution < 1.29 is 22.7 Å². The summed E-state index contributed by atoms with van der Waals surface area (Å²) in [7, 11) is -2.15. The van der Waals surface area contributed by atoms with Crippen LogP contribution in [-0.4, -0.2) is 45.6 Å². The minimum Gasteiger partial charge on any atom is -0.497 e. The molecule has 1 unspecified atom stereocenters. The zero-order valence-corrected chi connectivity index (χ0v) is 19.8. The molecule has 178 valence electrons. The van der Waals surface area contributed by atoms with Gasteiger partial charge in [0.1, 0.15) is 5.75 Å². The molecule has 3 aromatic rings. The Morgan fingerprint density at radius 3 is 2.59 bits per heavy atom. The lowest BCUT2D eigenvalue weighted by Gasteiger charge is -2.26. The highest BCUT2D eigenvalue weighted by atomic mass is 32.2. The molecule has 8 heteroatoms. The number of carbonyl (C=O) groups excluding carboxylic acids is 1. The van der Waals surface area contributed by atoms with E-state index in [1.165, 1.54) is 12.1 Å². The van der Waals surface area contributed by atoms with Crippen LogP contribution in [0, 0.1) is 0 Å². The van der Waals surface area contributed by atoms with Crippen LogP contribution in [0.15, 0.2) is 83.8 Å². The molecule has 1 fully saturated rings. The zero-order chi connectivity index (χ0) is 24.0. The summed E-state index contributed by atoms with van der Waals surface area (Å²) in [5.74, 6) is 0.526. The molecule has 0 aromatic heterocycles. The molecule has 0 radical (unpaired) electrons. The molecular weight excluding hydrogens is 452 g/mol. The molecule has 1 heterocycles. The van der Waals surface area contributed by atoms with Crippen molar-refractivity contribution in [1.82, 2.24) is 4.90 Å². The molecule has 0 aliphatic carbocycles. The lowest BCUT2D eigenvalue weighted by atomic mass is 10.1. The van der Waals surface area contributed by atoms with Crippen molar-refractivity contribution in [2.75, 3.05) is 25.0 Å². The summed E-state index contributed by atoms with van der Waals surface area (Å²) in [4.78, 5) is 15.4. The second kappa shape index (κ2) is 10.7. The lowest BCUT2D eigenvalue weighted by Crippen LogP contribution is -2.37. The summed E-state index contributed by atoms with van der Waals surface area (Å²) in [5.41, 5.74) is 1.66. The lowest BCUT2D eigenvalue weighted by molar-refractivity contribution is 0.0507. The van der Waals surface area contributed by atoms with Crippen LogP contribution >= 0.6 is 0 Å². The van der Waals surface area contributed by atoms with Crippen LogP contribution in [0.2, 0.25) is 0 Å². The SMILES string of the molecule is COc1cccc(CN(CC2CCCO2)C(=O)c2cccc(NS(=O)(=O)c3ccccc3)c2)c1. The summed E-state index contributed by atoms with van der Waals surface area (Å²) in [5, 5.41) is 0. The van der Waals surface area contributed by atoms with Gasteiger partial charge >= 0.3 is 0 Å². The Bertz CT molecular complexity index is 1220. The number of nitrogens with zero attached hydrogens (tertiary/aromatic N) is 1. The quantitative estimate of drug-likeness (QED) is 0.493. The Labute approximate surface area is 200 Å². The van der Waals surface area contributed by atoms with Gasteiger partial charge in [-0.1, -0.05) is 36.4 Å². The van der Waals surface area contributed by atoms with E-state index < -0.39 is 10.0 Å². The maximum absolute atomic E-state index is 13.5. The molecule has 0 saturated carbocycles. The summed E-state index contributed by atoms with van der Waals surface area (Å²) in [6, 6.07) is 22.3. The molecule has 4 rings (SSSR count). The number of ether oxygens (including phenoxy) is 2. The van der Waals surface area contributed by atoms with E-state index in [1.807, 2.05) is 24.3 Å². The Morgan fingerprint density at radius 1 is 1.06 bits per heavy atom. The van der Waals surface area contributed by atoms with Gasteiger partial charge in [0.25, 0.3) is 15.9 Å². The van der Waals surface area contributed by atoms with Crippen molar-refractivity contribution in [3.05, 3.63) is 90.0 Å². The molecule has 1 N–H and O–H groups in total. The van der Waals surface area contributed by atoms with Gasteiger partial charge in [-0.15, -0.1) is 0 Å². The monoisotopic (exact) mass is 480 g/mol. The van der Waals surface area contributed by atoms with E-state index in [0.717, 1.165) is 24.2 Å². The fraction of sp³-hybridized carbons (Fsp3) is 0.269. The minimum absolute atomic E-state index is 0.0191. The van der Waals surface area contributed by atoms with Gasteiger partial charge in [0.15, 0.2) is 0 Å². The van der Waals surface area contributed by atoms with Crippen molar-refractivity contribution in [3.8, 4) is 5.75 Å². The standard InChI is InChI=1S/C26H28N2O5S/c1-32-23-11-5-8-20(16-23)18-28(19-24-12-7-15-33-24)26(29)21-9-6-10-22(17-21)27-34(30,31)25-13-3-2-4-14-25/h2-6,8-11,13-14,16-17,24,27H,7,12,15,18-19H2,1H3. The summed E-state index contributed by atoms with van der Waals surface area (Å²) >= 11 is 0. The third-order valence-corrected chi connectivity index (χ3v) is 7.06. The molecule has 7 nitrogen and oxygen atoms in total. The Kier molecular flexibility index (Phi) is 7.49. The smallest absolute Gasteiger partial charge is 0.261 e. The van der Waals surface area contributed by atoms with Crippen LogP contribution in [-0.2, 0) is 21.3 Å². The number of nitrogens with one attached hydrogen (secondary N) is 1. The van der Waals surface area contributed by atoms with E-state index in [0.29, 0.717) is 30.9 Å². The molecule has 34 heavy (non-hydrogen) atoms. The number of carbonyl (C=O) groups is 1. The minimum atomic E-state index is -3.76. The normalized spacial score (nSPS) is 15.6. The van der Waals surface area contributed by atoms with E-state index >= 15 is 0 Å². The molecule has 0 spiro atoms. The van der Waals surface area contributed by atoms with Crippen LogP contribution < -0.4 is 9.46 Å². The number of amides is 1. The second-order valence-electron chi connectivity index (χ2n) is 8.17. The zero-order valence-electron chi connectivity index (χ0n) is 19.0. The van der Waals surface area contributed by atoms with Gasteiger partial charge in [0, 0.05) is 30.9 Å². The van der Waals surface area contributed by atoms with Crippen molar-refractivity contribution in [1.29, 1.82) is 0 Å². The highest BCUT2D eigenvalue weighted by Crippen LogP contribution is 2.22. The predicted octanol–water partition coefficient (Wildman–Crippen LogP) is 4.32. The van der Waals surface area contributed by atoms with E-state index in [4.69, 9.17) is 9.47 Å². The van der Waals surface area contributed by atoms with Crippen LogP contribution in [0.5, 0.6) is 5.75 Å². The molecule has 1 amide bonds. The van der Waals surface area contributed by atoms with Gasteiger partial charge in [-0.2, -0.15) is 0 Å². The average molecular weight is 481 g/mol. The third kappa shape index (κ3) is 5.95. The first kappa shape index (κ1) is 23.8. The van der Waals surface area contributed by atoms with Gasteiger partial charge in [0.2, 0.25) is 0 Å². The second-order valence-corrected chi connectivity index (χ2v) is 9.85. The van der Waals surface area contributed by atoms with E-state index in [1.54, 1.807) is 54.5 Å². The van der Waals surface area contributed by atoms with Crippen molar-refractivity contribution >= 4 is 21.6 Å². The van der Waals surface area contributed by atoms with Crippen LogP contribution in [0.3, 0.4) is 0 Å². The Hall–Kier alpha value is -3.36. The Balaban J connectivity index is 1.56. The fourth-order valence-electron chi connectivity index (χ4n) is 3.96. The predicted molar refractivity (Wildman–Crippen MR) is 130 cm³/mol. The van der Waals surface area contributed by atoms with Crippen LogP contribution in [0.1, 0.15) is 28.8 Å². The first-order valence-electron chi connectivity index (χ1n) is 11.2. The van der Waals surface area contributed by atoms with Crippen LogP contribution in [0.4, 0.5) is 5.69 Å². The third-order valence-electron chi connectivity index (χ3n) is 5.66. The van der Waals surface area contributed by atoms with E-state index in [9.17, 15) is 13.2 Å². The number of benzene rings is 3. The van der Waals surface area contributed by atoms with E-state index in [-0.39, 0.29) is 16.9 Å². The number of rotatable bonds is 9. The van der Waals surface area contributed by atoms with Crippen molar-refractivity contribution in [2.45, 2.75) is 30.4 Å². The van der Waals surface area contributed by atoms with Gasteiger partial charge in [-0.25, -0.2) is 8.42 Å². The molecule has 3 aromatic carbocycles. The average Bonchev–Trinajstić information content (AvgIpc) is 3.37. The molecule has 0 bridgehead atoms. The molecule has 1 aliphatic rings. The van der Waals surface area contributed by atoms with E-state index in [2.05, 4.69) is 4.72 Å². The molecule has 1 atom stereocenters. The number of methoxy groups -OCH3 is 1. The van der Waals surface area contributed by atoms with Gasteiger partial charge in [-0.3, -0.25) is 9.52 Å². The topological polar surface area (TPSA) is 84.9 Å². The largest absolute Gasteiger partial charge is 0.497 e. The Morgan fingerprint density at radius 2 is 1.85 bits per heavy atom. The maximum atomic E-state index is 13.5. The fourth-order valence-corrected chi connectivity index (χ4v) is 5.03. The van der Waals surface area contributed by atoms with Crippen molar-refractivity contribution in [2.24, 2.45) is 0 Å². The van der Waals surface area contributed by atoms with Crippen LogP contribution in [0.25, 0.3) is 0 Å². The number of hydrogen-bond donors (Lipinski definition) is 1. The molecule has 1 aliphatic heterocycles. The highest BCUT2D eigenvalue weighted by Gasteiger charge is 2.24. The summed E-state index contributed by atoms with van der Waals surface area (Å²) in [6.07, 6.45) is 1.86. The number of anilines is 1. The summed E-state index contributed by atoms with van der Waals surface area (Å²) in [6.45, 7) is 1.54. The van der Waals surface area contributed by atoms with Gasteiger partial charge in [0.05, 0.1) is 18.1 Å². The first-order valence-corrected chi connectivity index (χ1v) is 12.6. The maximum Gasteiger partial charge on any atom is 0.261 e. The molecular formula is C26H28N2O5S. The number of hydrogen-bond acceptors (Lipinski definition) is 5. The van der Waals surface area contributed by atoms with Gasteiger partial charge in [-0.05, 0) is 60.9 Å². The van der Waals surface area contributed by atoms with Crippen molar-refractivity contribution in [3.63, 3.8) is 0 Å². The number of sulfonamides is 1. The first-order chi connectivity index (χ1) is 16.4. The highest BCUT2D eigenvalue weighted by molar-refractivity contribution is 7.92. The van der Waals surface area contributed by atoms with Gasteiger partial charge < -0.3 is 14.4 Å². The summed E-state index contributed by atoms with van der Waals surface area (Å²) < 4.78 is 39.1.